The number of fused-ring (bicyclic) bond motifs is 1. The van der Waals surface area contributed by atoms with Crippen LogP contribution >= 0.6 is 12.4 Å². The molecule has 1 aromatic carbocycles. The van der Waals surface area contributed by atoms with Gasteiger partial charge >= 0.3 is 29.1 Å². The zero-order valence-electron chi connectivity index (χ0n) is 11.1. The smallest absolute Gasteiger partial charge is 1.00 e. The molecule has 0 atom stereocenters. The van der Waals surface area contributed by atoms with Crippen LogP contribution in [0.3, 0.4) is 0 Å². The van der Waals surface area contributed by atoms with Crippen LogP contribution < -0.4 is 0 Å². The van der Waals surface area contributed by atoms with Gasteiger partial charge in [-0.3, -0.25) is 4.57 Å². The van der Waals surface area contributed by atoms with E-state index in [1.807, 2.05) is 30.3 Å². The molecular weight excluding hydrogens is 238 g/mol. The van der Waals surface area contributed by atoms with E-state index >= 15 is 0 Å². The molecular formula is C11H14ClMgNO2. The van der Waals surface area contributed by atoms with E-state index in [1.54, 1.807) is 13.1 Å². The summed E-state index contributed by atoms with van der Waals surface area (Å²) in [5, 5.41) is 1.04. The molecule has 5 heteroatoms. The van der Waals surface area contributed by atoms with Crippen molar-refractivity contribution in [2.24, 2.45) is 0 Å². The second kappa shape index (κ2) is 6.78. The molecule has 84 valence electrons. The summed E-state index contributed by atoms with van der Waals surface area (Å²) in [7, 11) is 0. The Morgan fingerprint density at radius 2 is 2.06 bits per heavy atom. The Morgan fingerprint density at radius 1 is 1.38 bits per heavy atom. The summed E-state index contributed by atoms with van der Waals surface area (Å²) < 4.78 is 6.43. The van der Waals surface area contributed by atoms with E-state index in [-0.39, 0.29) is 44.4 Å². The molecule has 0 saturated carbocycles. The molecule has 0 radical (unpaired) electrons. The number of rotatable bonds is 1. The van der Waals surface area contributed by atoms with Gasteiger partial charge in [0, 0.05) is 11.6 Å². The first-order valence-corrected chi connectivity index (χ1v) is 4.56. The van der Waals surface area contributed by atoms with Crippen molar-refractivity contribution in [2.75, 3.05) is 6.61 Å². The zero-order valence-corrected chi connectivity index (χ0v) is 11.3. The molecule has 0 spiro atoms. The summed E-state index contributed by atoms with van der Waals surface area (Å²) in [6.07, 6.45) is 1.40. The second-order valence-corrected chi connectivity index (χ2v) is 2.94. The van der Waals surface area contributed by atoms with Crippen LogP contribution in [0.1, 0.15) is 9.78 Å². The molecule has 0 aliphatic rings. The van der Waals surface area contributed by atoms with Gasteiger partial charge in [-0.05, 0) is 19.1 Å². The molecule has 0 amide bonds. The van der Waals surface area contributed by atoms with Crippen LogP contribution in [0.4, 0.5) is 4.79 Å². The third-order valence-electron chi connectivity index (χ3n) is 2.06. The Morgan fingerprint density at radius 3 is 2.75 bits per heavy atom. The molecule has 0 unspecified atom stereocenters. The fourth-order valence-corrected chi connectivity index (χ4v) is 1.44. The molecule has 3 nitrogen and oxygen atoms in total. The molecule has 16 heavy (non-hydrogen) atoms. The van der Waals surface area contributed by atoms with Gasteiger partial charge in [-0.25, -0.2) is 4.79 Å². The molecule has 0 aliphatic heterocycles. The minimum atomic E-state index is -0.325. The largest absolute Gasteiger partial charge is 2.00 e. The fourth-order valence-electron chi connectivity index (χ4n) is 1.44. The van der Waals surface area contributed by atoms with Crippen LogP contribution in [-0.4, -0.2) is 40.3 Å². The number of para-hydroxylation sites is 1. The van der Waals surface area contributed by atoms with Crippen molar-refractivity contribution in [2.45, 2.75) is 6.92 Å². The van der Waals surface area contributed by atoms with Crippen LogP contribution in [0.5, 0.6) is 0 Å². The van der Waals surface area contributed by atoms with Crippen LogP contribution in [0.2, 0.25) is 0 Å². The van der Waals surface area contributed by atoms with E-state index < -0.39 is 0 Å². The molecule has 0 saturated heterocycles. The summed E-state index contributed by atoms with van der Waals surface area (Å²) >= 11 is 0. The summed E-state index contributed by atoms with van der Waals surface area (Å²) in [6, 6.07) is 9.60. The Balaban J connectivity index is -0.000000562. The standard InChI is InChI=1S/C11H11NO2.ClH.Mg.2H/c1-2-14-11(13)12-8-7-9-5-3-4-6-10(9)12;;;;/h3-8H,2H2,1H3;1H;;;/q;;+2;2*-1. The number of hydrogen-bond donors (Lipinski definition) is 0. The predicted molar refractivity (Wildman–Crippen MR) is 69.6 cm³/mol. The summed E-state index contributed by atoms with van der Waals surface area (Å²) in [5.74, 6) is 0. The number of aromatic nitrogens is 1. The number of carbonyl (C=O) groups is 1. The third kappa shape index (κ3) is 2.90. The van der Waals surface area contributed by atoms with Crippen molar-refractivity contribution >= 4 is 52.5 Å². The predicted octanol–water partition coefficient (Wildman–Crippen LogP) is 2.91. The second-order valence-electron chi connectivity index (χ2n) is 2.94. The molecule has 0 bridgehead atoms. The number of hydrogen-bond acceptors (Lipinski definition) is 2. The van der Waals surface area contributed by atoms with Gasteiger partial charge in [-0.15, -0.1) is 12.4 Å². The Bertz CT molecular complexity index is 479. The summed E-state index contributed by atoms with van der Waals surface area (Å²) in [4.78, 5) is 11.5. The van der Waals surface area contributed by atoms with Gasteiger partial charge < -0.3 is 7.59 Å². The molecule has 2 aromatic rings. The minimum absolute atomic E-state index is 0. The van der Waals surface area contributed by atoms with Gasteiger partial charge in [0.15, 0.2) is 0 Å². The topological polar surface area (TPSA) is 31.2 Å². The Hall–Kier alpha value is -0.714. The van der Waals surface area contributed by atoms with Crippen molar-refractivity contribution in [3.05, 3.63) is 36.5 Å². The molecule has 2 rings (SSSR count). The van der Waals surface area contributed by atoms with E-state index in [0.717, 1.165) is 10.9 Å². The number of benzene rings is 1. The molecule has 0 N–H and O–H groups in total. The van der Waals surface area contributed by atoms with Gasteiger partial charge in [0.25, 0.3) is 0 Å². The average Bonchev–Trinajstić information content (AvgIpc) is 2.61. The van der Waals surface area contributed by atoms with Crippen molar-refractivity contribution in [1.82, 2.24) is 4.57 Å². The van der Waals surface area contributed by atoms with Crippen LogP contribution in [0.15, 0.2) is 36.5 Å². The van der Waals surface area contributed by atoms with E-state index in [1.165, 1.54) is 4.57 Å². The number of nitrogens with zero attached hydrogens (tertiary/aromatic N) is 1. The maximum absolute atomic E-state index is 11.5. The van der Waals surface area contributed by atoms with Crippen molar-refractivity contribution in [3.63, 3.8) is 0 Å². The SMILES string of the molecule is CCOC(=O)n1ccc2ccccc21.Cl.[H-].[H-].[Mg+2]. The van der Waals surface area contributed by atoms with Crippen LogP contribution in [0.25, 0.3) is 10.9 Å². The van der Waals surface area contributed by atoms with Crippen LogP contribution in [0, 0.1) is 0 Å². The third-order valence-corrected chi connectivity index (χ3v) is 2.06. The maximum Gasteiger partial charge on any atom is 2.00 e. The van der Waals surface area contributed by atoms with E-state index in [9.17, 15) is 4.79 Å². The molecule has 1 aromatic heterocycles. The number of carbonyl (C=O) groups excluding carboxylic acids is 1. The van der Waals surface area contributed by atoms with Gasteiger partial charge in [0.2, 0.25) is 0 Å². The molecule has 0 aliphatic carbocycles. The van der Waals surface area contributed by atoms with Crippen molar-refractivity contribution in [3.8, 4) is 0 Å². The van der Waals surface area contributed by atoms with Crippen molar-refractivity contribution in [1.29, 1.82) is 0 Å². The number of halogens is 1. The fraction of sp³-hybridized carbons (Fsp3) is 0.182. The van der Waals surface area contributed by atoms with Gasteiger partial charge in [0.1, 0.15) is 0 Å². The van der Waals surface area contributed by atoms with E-state index in [4.69, 9.17) is 4.74 Å². The maximum atomic E-state index is 11.5. The van der Waals surface area contributed by atoms with Gasteiger partial charge in [0.05, 0.1) is 12.1 Å². The van der Waals surface area contributed by atoms with Gasteiger partial charge in [-0.1, -0.05) is 18.2 Å². The minimum Gasteiger partial charge on any atom is -1.00 e. The molecule has 1 heterocycles. The van der Waals surface area contributed by atoms with Gasteiger partial charge in [-0.2, -0.15) is 0 Å². The zero-order chi connectivity index (χ0) is 9.97. The quantitative estimate of drug-likeness (QED) is 0.730. The van der Waals surface area contributed by atoms with Crippen LogP contribution in [-0.2, 0) is 4.74 Å². The first kappa shape index (κ1) is 15.3. The summed E-state index contributed by atoms with van der Waals surface area (Å²) in [6.45, 7) is 2.19. The molecule has 0 fully saturated rings. The van der Waals surface area contributed by atoms with Crippen molar-refractivity contribution < 1.29 is 12.4 Å². The monoisotopic (exact) mass is 251 g/mol. The van der Waals surface area contributed by atoms with E-state index in [2.05, 4.69) is 0 Å². The Kier molecular flexibility index (Phi) is 6.48. The first-order valence-electron chi connectivity index (χ1n) is 4.56. The first-order chi connectivity index (χ1) is 6.83. The average molecular weight is 252 g/mol. The van der Waals surface area contributed by atoms with E-state index in [0.29, 0.717) is 6.61 Å². The normalized spacial score (nSPS) is 9.06. The number of ether oxygens (including phenoxy) is 1. The Labute approximate surface area is 119 Å². The summed E-state index contributed by atoms with van der Waals surface area (Å²) in [5.41, 5.74) is 0.881.